The number of hydrogen-bond donors (Lipinski definition) is 0. The van der Waals surface area contributed by atoms with Crippen LogP contribution in [0.5, 0.6) is 0 Å². The van der Waals surface area contributed by atoms with Gasteiger partial charge >= 0.3 is 0 Å². The first-order valence-electron chi connectivity index (χ1n) is 16.7. The second-order valence-corrected chi connectivity index (χ2v) is 12.6. The van der Waals surface area contributed by atoms with Gasteiger partial charge in [0, 0.05) is 11.5 Å². The molecule has 2 unspecified atom stereocenters. The van der Waals surface area contributed by atoms with Gasteiger partial charge in [-0.2, -0.15) is 0 Å². The summed E-state index contributed by atoms with van der Waals surface area (Å²) < 4.78 is 0. The number of rotatable bonds is 13. The molecule has 0 bridgehead atoms. The second-order valence-electron chi connectivity index (χ2n) is 12.6. The molecule has 2 aromatic rings. The highest BCUT2D eigenvalue weighted by atomic mass is 16.1. The van der Waals surface area contributed by atoms with Crippen molar-refractivity contribution >= 4 is 17.3 Å². The van der Waals surface area contributed by atoms with E-state index in [-0.39, 0.29) is 35.6 Å². The van der Waals surface area contributed by atoms with E-state index in [1.165, 1.54) is 44.6 Å². The van der Waals surface area contributed by atoms with E-state index in [1.807, 2.05) is 13.0 Å². The predicted molar refractivity (Wildman–Crippen MR) is 180 cm³/mol. The Labute approximate surface area is 258 Å². The Morgan fingerprint density at radius 1 is 0.857 bits per heavy atom. The Morgan fingerprint density at radius 2 is 1.45 bits per heavy atom. The van der Waals surface area contributed by atoms with Crippen LogP contribution >= 0.6 is 0 Å². The highest BCUT2D eigenvalue weighted by Gasteiger charge is 2.27. The molecule has 1 fully saturated rings. The van der Waals surface area contributed by atoms with Gasteiger partial charge in [-0.1, -0.05) is 122 Å². The summed E-state index contributed by atoms with van der Waals surface area (Å²) in [4.78, 5) is 36.8. The van der Waals surface area contributed by atoms with Gasteiger partial charge in [-0.15, -0.1) is 0 Å². The number of hydrogen-bond acceptors (Lipinski definition) is 3. The molecule has 3 heteroatoms. The summed E-state index contributed by atoms with van der Waals surface area (Å²) in [6.45, 7) is 18.0. The normalized spacial score (nSPS) is 14.2. The van der Waals surface area contributed by atoms with Gasteiger partial charge in [0.25, 0.3) is 0 Å². The third kappa shape index (κ3) is 12.8. The van der Waals surface area contributed by atoms with Crippen molar-refractivity contribution in [2.45, 2.75) is 139 Å². The van der Waals surface area contributed by atoms with Crippen LogP contribution < -0.4 is 0 Å². The maximum absolute atomic E-state index is 12.7. The average Bonchev–Trinajstić information content (AvgIpc) is 3.41. The van der Waals surface area contributed by atoms with Crippen molar-refractivity contribution < 1.29 is 14.4 Å². The van der Waals surface area contributed by atoms with Crippen molar-refractivity contribution in [3.63, 3.8) is 0 Å². The molecule has 0 N–H and O–H groups in total. The highest BCUT2D eigenvalue weighted by Crippen LogP contribution is 2.33. The third-order valence-corrected chi connectivity index (χ3v) is 8.39. The van der Waals surface area contributed by atoms with Gasteiger partial charge in [-0.25, -0.2) is 0 Å². The minimum absolute atomic E-state index is 0.0443. The van der Waals surface area contributed by atoms with E-state index < -0.39 is 0 Å². The first-order chi connectivity index (χ1) is 20.0. The van der Waals surface area contributed by atoms with Gasteiger partial charge in [0.2, 0.25) is 0 Å². The summed E-state index contributed by atoms with van der Waals surface area (Å²) >= 11 is 0. The maximum Gasteiger partial charge on any atom is 0.160 e. The topological polar surface area (TPSA) is 51.2 Å². The molecule has 0 saturated heterocycles. The molecule has 1 saturated carbocycles. The summed E-state index contributed by atoms with van der Waals surface area (Å²) in [6.07, 6.45) is 12.7. The van der Waals surface area contributed by atoms with Crippen molar-refractivity contribution in [2.75, 3.05) is 0 Å². The van der Waals surface area contributed by atoms with Crippen LogP contribution in [0.4, 0.5) is 0 Å². The Bertz CT molecular complexity index is 1090. The van der Waals surface area contributed by atoms with Gasteiger partial charge in [0.05, 0.1) is 6.42 Å². The van der Waals surface area contributed by atoms with E-state index in [4.69, 9.17) is 0 Å². The molecule has 3 nitrogen and oxygen atoms in total. The smallest absolute Gasteiger partial charge is 0.160 e. The summed E-state index contributed by atoms with van der Waals surface area (Å²) in [5.41, 5.74) is 6.43. The summed E-state index contributed by atoms with van der Waals surface area (Å²) in [7, 11) is 0. The van der Waals surface area contributed by atoms with E-state index in [0.717, 1.165) is 72.3 Å². The zero-order chi connectivity index (χ0) is 31.7. The van der Waals surface area contributed by atoms with E-state index in [1.54, 1.807) is 6.92 Å². The highest BCUT2D eigenvalue weighted by molar-refractivity contribution is 5.99. The molecule has 3 rings (SSSR count). The fourth-order valence-corrected chi connectivity index (χ4v) is 6.31. The number of aryl methyl sites for hydroxylation is 2. The van der Waals surface area contributed by atoms with Crippen LogP contribution in [0.3, 0.4) is 0 Å². The largest absolute Gasteiger partial charge is 0.300 e. The van der Waals surface area contributed by atoms with E-state index in [0.29, 0.717) is 0 Å². The summed E-state index contributed by atoms with van der Waals surface area (Å²) in [6, 6.07) is 12.6. The van der Waals surface area contributed by atoms with Crippen LogP contribution in [0, 0.1) is 31.6 Å². The lowest BCUT2D eigenvalue weighted by atomic mass is 9.78. The van der Waals surface area contributed by atoms with E-state index in [9.17, 15) is 14.4 Å². The van der Waals surface area contributed by atoms with Crippen molar-refractivity contribution in [1.29, 1.82) is 0 Å². The molecule has 0 aliphatic heterocycles. The van der Waals surface area contributed by atoms with Crippen LogP contribution in [0.1, 0.15) is 146 Å². The lowest BCUT2D eigenvalue weighted by Crippen LogP contribution is -2.25. The lowest BCUT2D eigenvalue weighted by molar-refractivity contribution is -0.129. The maximum atomic E-state index is 12.7. The molecule has 0 amide bonds. The van der Waals surface area contributed by atoms with E-state index >= 15 is 0 Å². The van der Waals surface area contributed by atoms with Crippen LogP contribution in [-0.4, -0.2) is 17.3 Å². The molecule has 234 valence electrons. The molecule has 0 aromatic heterocycles. The third-order valence-electron chi connectivity index (χ3n) is 8.39. The molecular weight excluding hydrogens is 516 g/mol. The Morgan fingerprint density at radius 3 is 1.90 bits per heavy atom. The zero-order valence-electron chi connectivity index (χ0n) is 28.4. The number of ketones is 3. The number of Topliss-reactive ketones (excluding diaryl/α,β-unsaturated/α-hetero) is 3. The van der Waals surface area contributed by atoms with Crippen molar-refractivity contribution in [2.24, 2.45) is 17.8 Å². The monoisotopic (exact) mass is 576 g/mol. The standard InChI is InChI=1S/C30H40O3.C6H12.C3H8/c1-7-10-24(26(8-2)29(33)19-22(5)31)11-9-12-28-27(25-16-13-20(3)14-17-25)18-15-21(4)30(28)23(6)32;1-6-4-2-3-5-6;1-3-2/h13-18,24,26H,7-12,19H2,1-6H3;6H,2-5H2,1H3;3H2,1-2H3. The zero-order valence-corrected chi connectivity index (χ0v) is 28.4. The Hall–Kier alpha value is -2.55. The van der Waals surface area contributed by atoms with Gasteiger partial charge in [-0.05, 0) is 87.5 Å². The molecule has 2 aromatic carbocycles. The minimum Gasteiger partial charge on any atom is -0.300 e. The summed E-state index contributed by atoms with van der Waals surface area (Å²) in [5, 5.41) is 0. The first kappa shape index (κ1) is 37.5. The summed E-state index contributed by atoms with van der Waals surface area (Å²) in [5.74, 6) is 1.40. The van der Waals surface area contributed by atoms with Crippen molar-refractivity contribution in [3.8, 4) is 11.1 Å². The Kier molecular flexibility index (Phi) is 18.2. The van der Waals surface area contributed by atoms with Gasteiger partial charge in [0.1, 0.15) is 11.6 Å². The SMILES string of the molecule is CC1CCCC1.CCC.CCCC(CCCc1c(-c2ccc(C)cc2)ccc(C)c1C(C)=O)C(CC)C(=O)CC(C)=O. The molecule has 0 heterocycles. The first-order valence-corrected chi connectivity index (χ1v) is 16.7. The molecule has 2 atom stereocenters. The van der Waals surface area contributed by atoms with Crippen molar-refractivity contribution in [1.82, 2.24) is 0 Å². The fraction of sp³-hybridized carbons (Fsp3) is 0.615. The lowest BCUT2D eigenvalue weighted by Gasteiger charge is -2.25. The van der Waals surface area contributed by atoms with Crippen LogP contribution in [0.15, 0.2) is 36.4 Å². The molecule has 1 aliphatic carbocycles. The number of carbonyl (C=O) groups excluding carboxylic acids is 3. The molecule has 42 heavy (non-hydrogen) atoms. The predicted octanol–water partition coefficient (Wildman–Crippen LogP) is 11.1. The number of benzene rings is 2. The fourth-order valence-electron chi connectivity index (χ4n) is 6.31. The molecule has 0 spiro atoms. The minimum atomic E-state index is -0.0600. The molecule has 0 radical (unpaired) electrons. The Balaban J connectivity index is 0.000000839. The van der Waals surface area contributed by atoms with Crippen LogP contribution in [-0.2, 0) is 16.0 Å². The van der Waals surface area contributed by atoms with E-state index in [2.05, 4.69) is 71.9 Å². The molecule has 1 aliphatic rings. The van der Waals surface area contributed by atoms with Gasteiger partial charge < -0.3 is 0 Å². The van der Waals surface area contributed by atoms with Crippen LogP contribution in [0.2, 0.25) is 0 Å². The molecular formula is C39H60O3. The van der Waals surface area contributed by atoms with Gasteiger partial charge in [-0.3, -0.25) is 14.4 Å². The van der Waals surface area contributed by atoms with Crippen molar-refractivity contribution in [3.05, 3.63) is 58.7 Å². The number of carbonyl (C=O) groups is 3. The second kappa shape index (κ2) is 20.4. The van der Waals surface area contributed by atoms with Gasteiger partial charge in [0.15, 0.2) is 5.78 Å². The quantitative estimate of drug-likeness (QED) is 0.176. The van der Waals surface area contributed by atoms with Crippen LogP contribution in [0.25, 0.3) is 11.1 Å². The average molecular weight is 577 g/mol.